The molecule has 5 nitrogen and oxygen atoms in total. The van der Waals surface area contributed by atoms with Gasteiger partial charge in [-0.1, -0.05) is 83.4 Å². The van der Waals surface area contributed by atoms with Gasteiger partial charge in [0, 0.05) is 0 Å². The quantitative estimate of drug-likeness (QED) is 0.359. The van der Waals surface area contributed by atoms with Gasteiger partial charge < -0.3 is 10.1 Å². The first-order valence-electron chi connectivity index (χ1n) is 9.96. The lowest BCUT2D eigenvalue weighted by atomic mass is 10.1. The second-order valence-electron chi connectivity index (χ2n) is 7.45. The monoisotopic (exact) mass is 466 g/mol. The number of amides is 3. The largest absolute Gasteiger partial charge is 0.486 e. The second-order valence-corrected chi connectivity index (χ2v) is 8.27. The molecule has 3 aromatic carbocycles. The van der Waals surface area contributed by atoms with E-state index in [0.717, 1.165) is 21.6 Å². The van der Waals surface area contributed by atoms with Gasteiger partial charge in [0.15, 0.2) is 5.75 Å². The highest BCUT2D eigenvalue weighted by Gasteiger charge is 2.33. The Kier molecular flexibility index (Phi) is 6.49. The molecule has 0 radical (unpaired) electrons. The van der Waals surface area contributed by atoms with Gasteiger partial charge in [0.25, 0.3) is 5.91 Å². The fourth-order valence-corrected chi connectivity index (χ4v) is 3.90. The van der Waals surface area contributed by atoms with Gasteiger partial charge in [0.05, 0.1) is 16.6 Å². The van der Waals surface area contributed by atoms with Crippen molar-refractivity contribution in [2.75, 3.05) is 0 Å². The normalized spacial score (nSPS) is 14.7. The number of aryl methyl sites for hydroxylation is 1. The van der Waals surface area contributed by atoms with Gasteiger partial charge >= 0.3 is 6.03 Å². The molecule has 1 aliphatic heterocycles. The third-order valence-electron chi connectivity index (χ3n) is 4.98. The molecule has 32 heavy (non-hydrogen) atoms. The van der Waals surface area contributed by atoms with Crippen molar-refractivity contribution in [3.63, 3.8) is 0 Å². The molecule has 1 N–H and O–H groups in total. The third kappa shape index (κ3) is 4.96. The maximum absolute atomic E-state index is 12.8. The number of hydrogen-bond donors (Lipinski definition) is 1. The second kappa shape index (κ2) is 9.47. The molecule has 4 rings (SSSR count). The van der Waals surface area contributed by atoms with Gasteiger partial charge in [-0.2, -0.15) is 0 Å². The summed E-state index contributed by atoms with van der Waals surface area (Å²) in [4.78, 5) is 26.3. The van der Waals surface area contributed by atoms with Crippen LogP contribution in [0.1, 0.15) is 22.3 Å². The molecule has 0 saturated carbocycles. The summed E-state index contributed by atoms with van der Waals surface area (Å²) in [5, 5.41) is 3.24. The number of nitrogens with one attached hydrogen (secondary N) is 1. The van der Waals surface area contributed by atoms with E-state index in [-0.39, 0.29) is 12.2 Å². The molecule has 1 fully saturated rings. The van der Waals surface area contributed by atoms with Crippen molar-refractivity contribution in [1.29, 1.82) is 0 Å². The number of hydrogen-bond acceptors (Lipinski definition) is 3. The zero-order valence-electron chi connectivity index (χ0n) is 17.3. The predicted octanol–water partition coefficient (Wildman–Crippen LogP) is 5.97. The van der Waals surface area contributed by atoms with Crippen molar-refractivity contribution in [2.24, 2.45) is 0 Å². The van der Waals surface area contributed by atoms with E-state index in [4.69, 9.17) is 27.9 Å². The summed E-state index contributed by atoms with van der Waals surface area (Å²) in [7, 11) is 0. The van der Waals surface area contributed by atoms with Crippen LogP contribution in [0.25, 0.3) is 6.08 Å². The zero-order valence-corrected chi connectivity index (χ0v) is 18.8. The molecule has 0 unspecified atom stereocenters. The number of nitrogens with zero attached hydrogens (tertiary/aromatic N) is 1. The number of urea groups is 1. The summed E-state index contributed by atoms with van der Waals surface area (Å²) >= 11 is 12.8. The van der Waals surface area contributed by atoms with Gasteiger partial charge in [-0.15, -0.1) is 0 Å². The van der Waals surface area contributed by atoms with Crippen LogP contribution < -0.4 is 10.1 Å². The Balaban J connectivity index is 1.50. The third-order valence-corrected chi connectivity index (χ3v) is 5.54. The van der Waals surface area contributed by atoms with E-state index in [1.54, 1.807) is 18.2 Å². The fourth-order valence-electron chi connectivity index (χ4n) is 3.29. The van der Waals surface area contributed by atoms with Gasteiger partial charge in [0.2, 0.25) is 0 Å². The molecule has 7 heteroatoms. The SMILES string of the molecule is Cc1ccc(CN2C(=O)N/C(=C/c3cc(Cl)c(OCc4ccccc4)c(Cl)c3)C2=O)cc1. The molecule has 0 aliphatic carbocycles. The number of rotatable bonds is 6. The minimum Gasteiger partial charge on any atom is -0.486 e. The molecule has 3 amide bonds. The van der Waals surface area contributed by atoms with Crippen molar-refractivity contribution in [3.05, 3.63) is 105 Å². The number of carbonyl (C=O) groups is 2. The molecule has 1 aliphatic rings. The highest BCUT2D eigenvalue weighted by Crippen LogP contribution is 2.35. The van der Waals surface area contributed by atoms with Crippen LogP contribution in [0.4, 0.5) is 4.79 Å². The first-order chi connectivity index (χ1) is 15.4. The summed E-state index contributed by atoms with van der Waals surface area (Å²) in [5.74, 6) is -0.0469. The molecule has 0 aromatic heterocycles. The van der Waals surface area contributed by atoms with E-state index in [9.17, 15) is 9.59 Å². The lowest BCUT2D eigenvalue weighted by molar-refractivity contribution is -0.123. The van der Waals surface area contributed by atoms with Crippen LogP contribution in [-0.4, -0.2) is 16.8 Å². The topological polar surface area (TPSA) is 58.6 Å². The van der Waals surface area contributed by atoms with Gasteiger partial charge in [0.1, 0.15) is 12.3 Å². The van der Waals surface area contributed by atoms with Crippen LogP contribution >= 0.6 is 23.2 Å². The van der Waals surface area contributed by atoms with Crippen LogP contribution in [-0.2, 0) is 17.9 Å². The van der Waals surface area contributed by atoms with E-state index in [0.29, 0.717) is 28.0 Å². The van der Waals surface area contributed by atoms with Crippen LogP contribution in [0.2, 0.25) is 10.0 Å². The van der Waals surface area contributed by atoms with E-state index in [1.165, 1.54) is 0 Å². The zero-order chi connectivity index (χ0) is 22.7. The van der Waals surface area contributed by atoms with Crippen molar-refractivity contribution in [3.8, 4) is 5.75 Å². The molecule has 0 spiro atoms. The Labute approximate surface area is 196 Å². The molecular weight excluding hydrogens is 447 g/mol. The Hall–Kier alpha value is -3.28. The minimum atomic E-state index is -0.471. The fraction of sp³-hybridized carbons (Fsp3) is 0.120. The molecular formula is C25H20Cl2N2O3. The Morgan fingerprint density at radius 3 is 2.25 bits per heavy atom. The maximum atomic E-state index is 12.8. The summed E-state index contributed by atoms with van der Waals surface area (Å²) in [5.41, 5.74) is 3.70. The minimum absolute atomic E-state index is 0.159. The first kappa shape index (κ1) is 21.9. The lowest BCUT2D eigenvalue weighted by Gasteiger charge is -2.12. The van der Waals surface area contributed by atoms with E-state index >= 15 is 0 Å². The van der Waals surface area contributed by atoms with Crippen LogP contribution in [0.15, 0.2) is 72.4 Å². The predicted molar refractivity (Wildman–Crippen MR) is 125 cm³/mol. The molecule has 1 heterocycles. The molecule has 0 bridgehead atoms. The first-order valence-corrected chi connectivity index (χ1v) is 10.7. The number of imide groups is 1. The lowest BCUT2D eigenvalue weighted by Crippen LogP contribution is -2.30. The average molecular weight is 467 g/mol. The highest BCUT2D eigenvalue weighted by molar-refractivity contribution is 6.37. The summed E-state index contributed by atoms with van der Waals surface area (Å²) in [6.07, 6.45) is 1.55. The Morgan fingerprint density at radius 2 is 1.59 bits per heavy atom. The van der Waals surface area contributed by atoms with Crippen LogP contribution in [0, 0.1) is 6.92 Å². The molecule has 1 saturated heterocycles. The average Bonchev–Trinajstić information content (AvgIpc) is 3.02. The molecule has 162 valence electrons. The Morgan fingerprint density at radius 1 is 0.938 bits per heavy atom. The van der Waals surface area contributed by atoms with E-state index < -0.39 is 11.9 Å². The standard InChI is InChI=1S/C25H20Cl2N2O3/c1-16-7-9-17(10-8-16)14-29-24(30)22(28-25(29)31)13-19-11-20(26)23(21(27)12-19)32-15-18-5-3-2-4-6-18/h2-13H,14-15H2,1H3,(H,28,31)/b22-13+. The maximum Gasteiger partial charge on any atom is 0.329 e. The highest BCUT2D eigenvalue weighted by atomic mass is 35.5. The van der Waals surface area contributed by atoms with Crippen molar-refractivity contribution in [2.45, 2.75) is 20.1 Å². The van der Waals surface area contributed by atoms with Crippen molar-refractivity contribution >= 4 is 41.2 Å². The van der Waals surface area contributed by atoms with Crippen LogP contribution in [0.5, 0.6) is 5.75 Å². The number of carbonyl (C=O) groups excluding carboxylic acids is 2. The van der Waals surface area contributed by atoms with Crippen molar-refractivity contribution < 1.29 is 14.3 Å². The van der Waals surface area contributed by atoms with Gasteiger partial charge in [-0.3, -0.25) is 9.69 Å². The van der Waals surface area contributed by atoms with Gasteiger partial charge in [-0.05, 0) is 41.8 Å². The Bertz CT molecular complexity index is 1170. The van der Waals surface area contributed by atoms with E-state index in [2.05, 4.69) is 5.32 Å². The van der Waals surface area contributed by atoms with Crippen molar-refractivity contribution in [1.82, 2.24) is 10.2 Å². The van der Waals surface area contributed by atoms with E-state index in [1.807, 2.05) is 61.5 Å². The number of ether oxygens (including phenoxy) is 1. The summed E-state index contributed by atoms with van der Waals surface area (Å²) in [6, 6.07) is 20.1. The summed E-state index contributed by atoms with van der Waals surface area (Å²) in [6.45, 7) is 2.49. The number of halogens is 2. The summed E-state index contributed by atoms with van der Waals surface area (Å²) < 4.78 is 5.78. The molecule has 0 atom stereocenters. The van der Waals surface area contributed by atoms with Crippen LogP contribution in [0.3, 0.4) is 0 Å². The molecule has 3 aromatic rings. The smallest absolute Gasteiger partial charge is 0.329 e. The number of benzene rings is 3. The van der Waals surface area contributed by atoms with Gasteiger partial charge in [-0.25, -0.2) is 4.79 Å².